The minimum Gasteiger partial charge on any atom is -0.466 e. The molecule has 3 aromatic carbocycles. The van der Waals surface area contributed by atoms with E-state index in [0.717, 1.165) is 28.1 Å². The summed E-state index contributed by atoms with van der Waals surface area (Å²) < 4.78 is 9.00. The third-order valence-corrected chi connectivity index (χ3v) is 7.62. The third kappa shape index (κ3) is 4.45. The van der Waals surface area contributed by atoms with Crippen molar-refractivity contribution in [2.75, 3.05) is 7.11 Å². The molecule has 192 valence electrons. The molecule has 0 fully saturated rings. The fourth-order valence-electron chi connectivity index (χ4n) is 4.81. The van der Waals surface area contributed by atoms with Gasteiger partial charge in [-0.05, 0) is 30.7 Å². The van der Waals surface area contributed by atoms with Gasteiger partial charge in [0.25, 0.3) is 5.56 Å². The lowest BCUT2D eigenvalue weighted by Gasteiger charge is -2.24. The maximum Gasteiger partial charge on any atom is 0.338 e. The highest BCUT2D eigenvalue weighted by atomic mass is 32.1. The fourth-order valence-corrected chi connectivity index (χ4v) is 5.85. The minimum atomic E-state index is -0.641. The summed E-state index contributed by atoms with van der Waals surface area (Å²) in [6, 6.07) is 28.6. The van der Waals surface area contributed by atoms with E-state index in [4.69, 9.17) is 9.84 Å². The van der Waals surface area contributed by atoms with Crippen molar-refractivity contribution in [3.05, 3.63) is 139 Å². The van der Waals surface area contributed by atoms with E-state index in [2.05, 4.69) is 4.99 Å². The number of para-hydroxylation sites is 1. The monoisotopic (exact) mass is 532 g/mol. The quantitative estimate of drug-likeness (QED) is 0.317. The van der Waals surface area contributed by atoms with Crippen molar-refractivity contribution in [3.8, 4) is 16.9 Å². The van der Waals surface area contributed by atoms with Crippen molar-refractivity contribution in [2.24, 2.45) is 4.99 Å². The molecule has 0 N–H and O–H groups in total. The van der Waals surface area contributed by atoms with E-state index in [1.807, 2.05) is 108 Å². The van der Waals surface area contributed by atoms with Crippen molar-refractivity contribution in [2.45, 2.75) is 13.0 Å². The molecule has 2 aromatic heterocycles. The minimum absolute atomic E-state index is 0.229. The molecule has 0 radical (unpaired) electrons. The number of aromatic nitrogens is 3. The summed E-state index contributed by atoms with van der Waals surface area (Å²) in [5, 5.41) is 4.87. The fraction of sp³-hybridized carbons (Fsp3) is 0.0968. The number of hydrogen-bond donors (Lipinski definition) is 0. The molecule has 0 saturated heterocycles. The van der Waals surface area contributed by atoms with Gasteiger partial charge in [-0.2, -0.15) is 5.10 Å². The Morgan fingerprint density at radius 2 is 1.59 bits per heavy atom. The number of thiazole rings is 1. The van der Waals surface area contributed by atoms with Crippen LogP contribution in [-0.2, 0) is 9.53 Å². The van der Waals surface area contributed by atoms with Crippen LogP contribution in [0.25, 0.3) is 23.0 Å². The number of ether oxygens (including phenoxy) is 1. The zero-order chi connectivity index (χ0) is 26.9. The molecule has 0 unspecified atom stereocenters. The molecule has 6 rings (SSSR count). The van der Waals surface area contributed by atoms with E-state index < -0.39 is 12.0 Å². The smallest absolute Gasteiger partial charge is 0.338 e. The van der Waals surface area contributed by atoms with E-state index in [9.17, 15) is 9.59 Å². The second kappa shape index (κ2) is 10.2. The van der Waals surface area contributed by atoms with E-state index in [0.29, 0.717) is 20.6 Å². The van der Waals surface area contributed by atoms with Gasteiger partial charge in [0.2, 0.25) is 0 Å². The molecule has 0 saturated carbocycles. The molecule has 1 atom stereocenters. The summed E-state index contributed by atoms with van der Waals surface area (Å²) in [7, 11) is 1.34. The highest BCUT2D eigenvalue weighted by Gasteiger charge is 2.33. The number of allylic oxidation sites excluding steroid dienone is 1. The Balaban J connectivity index is 1.57. The number of hydrogen-bond acceptors (Lipinski definition) is 6. The van der Waals surface area contributed by atoms with Crippen LogP contribution < -0.4 is 14.9 Å². The molecule has 0 aliphatic carbocycles. The number of fused-ring (bicyclic) bond motifs is 1. The van der Waals surface area contributed by atoms with Gasteiger partial charge >= 0.3 is 5.97 Å². The molecule has 0 bridgehead atoms. The lowest BCUT2D eigenvalue weighted by molar-refractivity contribution is -0.136. The van der Waals surface area contributed by atoms with Gasteiger partial charge < -0.3 is 4.74 Å². The number of methoxy groups -OCH3 is 1. The van der Waals surface area contributed by atoms with E-state index >= 15 is 0 Å². The second-order valence-corrected chi connectivity index (χ2v) is 10.1. The second-order valence-electron chi connectivity index (χ2n) is 9.06. The van der Waals surface area contributed by atoms with Crippen LogP contribution in [-0.4, -0.2) is 27.4 Å². The van der Waals surface area contributed by atoms with E-state index in [1.54, 1.807) is 11.5 Å². The van der Waals surface area contributed by atoms with Crippen molar-refractivity contribution in [1.29, 1.82) is 0 Å². The molecule has 8 heteroatoms. The molecule has 0 spiro atoms. The first-order valence-electron chi connectivity index (χ1n) is 12.4. The highest BCUT2D eigenvalue weighted by molar-refractivity contribution is 7.07. The summed E-state index contributed by atoms with van der Waals surface area (Å²) in [6.45, 7) is 1.77. The predicted octanol–water partition coefficient (Wildman–Crippen LogP) is 4.26. The first-order chi connectivity index (χ1) is 19.0. The SMILES string of the molecule is COC(=O)C1=C(C)N=c2s/c(=C\c3cn(-c4ccccc4)nc3-c3ccccc3)c(=O)n2[C@@H]1c1ccccc1. The summed E-state index contributed by atoms with van der Waals surface area (Å²) >= 11 is 1.29. The maximum absolute atomic E-state index is 14.0. The maximum atomic E-state index is 14.0. The normalized spacial score (nSPS) is 15.1. The van der Waals surface area contributed by atoms with Crippen molar-refractivity contribution >= 4 is 23.4 Å². The molecule has 5 aromatic rings. The van der Waals surface area contributed by atoms with Crippen LogP contribution in [0.5, 0.6) is 0 Å². The molecule has 3 heterocycles. The molecule has 1 aliphatic rings. The van der Waals surface area contributed by atoms with E-state index in [-0.39, 0.29) is 5.56 Å². The highest BCUT2D eigenvalue weighted by Crippen LogP contribution is 2.30. The van der Waals surface area contributed by atoms with E-state index in [1.165, 1.54) is 18.4 Å². The van der Waals surface area contributed by atoms with Gasteiger partial charge in [0.1, 0.15) is 0 Å². The average molecular weight is 533 g/mol. The summed E-state index contributed by atoms with van der Waals surface area (Å²) in [5.41, 5.74) is 4.88. The summed E-state index contributed by atoms with van der Waals surface area (Å²) in [5.74, 6) is -0.505. The molecule has 1 aliphatic heterocycles. The summed E-state index contributed by atoms with van der Waals surface area (Å²) in [4.78, 5) is 32.0. The van der Waals surface area contributed by atoms with Gasteiger partial charge in [-0.1, -0.05) is 90.2 Å². The Bertz CT molecular complexity index is 1890. The number of rotatable bonds is 5. The Morgan fingerprint density at radius 3 is 2.26 bits per heavy atom. The van der Waals surface area contributed by atoms with Gasteiger partial charge in [0, 0.05) is 17.3 Å². The Morgan fingerprint density at radius 1 is 0.949 bits per heavy atom. The van der Waals surface area contributed by atoms with Crippen molar-refractivity contribution in [3.63, 3.8) is 0 Å². The molecular formula is C31H24N4O3S. The number of carbonyl (C=O) groups excluding carboxylic acids is 1. The predicted molar refractivity (Wildman–Crippen MR) is 151 cm³/mol. The average Bonchev–Trinajstić information content (AvgIpc) is 3.54. The van der Waals surface area contributed by atoms with Gasteiger partial charge in [0.05, 0.1) is 40.3 Å². The molecule has 7 nitrogen and oxygen atoms in total. The van der Waals surface area contributed by atoms with Crippen LogP contribution in [0.2, 0.25) is 0 Å². The third-order valence-electron chi connectivity index (χ3n) is 6.64. The molecule has 39 heavy (non-hydrogen) atoms. The Kier molecular flexibility index (Phi) is 6.38. The number of benzene rings is 3. The topological polar surface area (TPSA) is 78.5 Å². The Hall–Kier alpha value is -4.82. The lowest BCUT2D eigenvalue weighted by atomic mass is 9.96. The zero-order valence-electron chi connectivity index (χ0n) is 21.3. The number of nitrogens with zero attached hydrogens (tertiary/aromatic N) is 4. The van der Waals surface area contributed by atoms with Crippen LogP contribution >= 0.6 is 11.3 Å². The van der Waals surface area contributed by atoms with Crippen LogP contribution in [0.15, 0.2) is 118 Å². The summed E-state index contributed by atoms with van der Waals surface area (Å²) in [6.07, 6.45) is 3.79. The van der Waals surface area contributed by atoms with Gasteiger partial charge in [-0.3, -0.25) is 9.36 Å². The lowest BCUT2D eigenvalue weighted by Crippen LogP contribution is -2.39. The van der Waals surface area contributed by atoms with Crippen molar-refractivity contribution < 1.29 is 9.53 Å². The van der Waals surface area contributed by atoms with Gasteiger partial charge in [-0.25, -0.2) is 14.5 Å². The number of esters is 1. The Labute approximate surface area is 228 Å². The first-order valence-corrected chi connectivity index (χ1v) is 13.2. The first kappa shape index (κ1) is 24.5. The standard InChI is InChI=1S/C31H24N4O3S/c1-20-26(30(37)38-2)28(22-14-8-4-9-15-22)35-29(36)25(39-31(35)32-20)18-23-19-34(24-16-10-5-11-17-24)33-27(23)21-12-6-3-7-13-21/h3-19,28H,1-2H3/b25-18-/t28-/m1/s1. The number of carbonyl (C=O) groups is 1. The van der Waals surface area contributed by atoms with Crippen LogP contribution in [0.3, 0.4) is 0 Å². The van der Waals surface area contributed by atoms with Crippen LogP contribution in [0.1, 0.15) is 24.1 Å². The van der Waals surface area contributed by atoms with Crippen LogP contribution in [0.4, 0.5) is 0 Å². The largest absolute Gasteiger partial charge is 0.466 e. The van der Waals surface area contributed by atoms with Crippen molar-refractivity contribution in [1.82, 2.24) is 14.3 Å². The molecule has 0 amide bonds. The zero-order valence-corrected chi connectivity index (χ0v) is 22.1. The van der Waals surface area contributed by atoms with Gasteiger partial charge in [0.15, 0.2) is 4.80 Å². The molecular weight excluding hydrogens is 508 g/mol. The van der Waals surface area contributed by atoms with Crippen LogP contribution in [0, 0.1) is 0 Å². The van der Waals surface area contributed by atoms with Gasteiger partial charge in [-0.15, -0.1) is 0 Å².